The van der Waals surface area contributed by atoms with Crippen LogP contribution < -0.4 is 0 Å². The molecule has 0 saturated carbocycles. The molecule has 0 nitrogen and oxygen atoms in total. The fourth-order valence-corrected chi connectivity index (χ4v) is 0. The van der Waals surface area contributed by atoms with Crippen LogP contribution >= 0.6 is 22.6 Å². The van der Waals surface area contributed by atoms with Gasteiger partial charge in [-0.2, -0.15) is 0 Å². The standard InChI is InChI=1S/C2H5I.CH4/c1-2-3;/h2H2,1H3;1H4. The van der Waals surface area contributed by atoms with Gasteiger partial charge in [0, 0.05) is 0 Å². The first-order valence-corrected chi connectivity index (χ1v) is 2.50. The Bertz CT molecular complexity index is 3.25. The zero-order valence-electron chi connectivity index (χ0n) is 2.09. The molecule has 0 bridgehead atoms. The highest BCUT2D eigenvalue weighted by molar-refractivity contribution is 14.1. The topological polar surface area (TPSA) is 0 Å². The third kappa shape index (κ3) is 15.3. The first kappa shape index (κ1) is 8.83. The van der Waals surface area contributed by atoms with E-state index >= 15 is 0 Å². The summed E-state index contributed by atoms with van der Waals surface area (Å²) in [4.78, 5) is 0. The van der Waals surface area contributed by atoms with Gasteiger partial charge in [-0.3, -0.25) is 0 Å². The van der Waals surface area contributed by atoms with Gasteiger partial charge in [0.15, 0.2) is 0 Å². The van der Waals surface area contributed by atoms with E-state index < -0.39 is 0 Å². The molecule has 0 rings (SSSR count). The molecule has 28 valence electrons. The van der Waals surface area contributed by atoms with Crippen molar-refractivity contribution in [1.29, 1.82) is 0 Å². The summed E-state index contributed by atoms with van der Waals surface area (Å²) in [5.41, 5.74) is 0. The van der Waals surface area contributed by atoms with Gasteiger partial charge in [0.25, 0.3) is 0 Å². The maximum Gasteiger partial charge on any atom is -0.00332 e. The lowest BCUT2D eigenvalue weighted by Gasteiger charge is -1.45. The first-order chi connectivity index (χ1) is 1.41. The molecule has 0 aromatic heterocycles. The van der Waals surface area contributed by atoms with Crippen LogP contribution in [-0.2, 0) is 0 Å². The summed E-state index contributed by atoms with van der Waals surface area (Å²) in [6, 6.07) is 0. The predicted molar refractivity (Wildman–Crippen MR) is 31.3 cm³/mol. The molecular weight excluding hydrogens is 163 g/mol. The summed E-state index contributed by atoms with van der Waals surface area (Å²) in [7, 11) is 0. The average Bonchev–Trinajstić information content (AvgIpc) is 0.918. The van der Waals surface area contributed by atoms with Gasteiger partial charge in [0.05, 0.1) is 0 Å². The summed E-state index contributed by atoms with van der Waals surface area (Å²) in [6.45, 7) is 2.11. The van der Waals surface area contributed by atoms with Crippen LogP contribution in [-0.4, -0.2) is 4.43 Å². The molecule has 0 aliphatic rings. The average molecular weight is 172 g/mol. The van der Waals surface area contributed by atoms with Gasteiger partial charge in [-0.15, -0.1) is 0 Å². The minimum Gasteiger partial charge on any atom is -0.0867 e. The number of halogens is 1. The maximum absolute atomic E-state index is 2.29. The minimum absolute atomic E-state index is 0. The van der Waals surface area contributed by atoms with Crippen molar-refractivity contribution >= 4 is 22.6 Å². The Kier molecular flexibility index (Phi) is 20.5. The van der Waals surface area contributed by atoms with Crippen molar-refractivity contribution in [2.45, 2.75) is 14.4 Å². The lowest BCUT2D eigenvalue weighted by molar-refractivity contribution is 1.58. The Morgan fingerprint density at radius 2 is 1.75 bits per heavy atom. The summed E-state index contributed by atoms with van der Waals surface area (Å²) in [6.07, 6.45) is 0. The molecule has 0 radical (unpaired) electrons. The smallest absolute Gasteiger partial charge is 0.00332 e. The summed E-state index contributed by atoms with van der Waals surface area (Å²) in [5, 5.41) is 0. The zero-order chi connectivity index (χ0) is 2.71. The monoisotopic (exact) mass is 172 g/mol. The van der Waals surface area contributed by atoms with Crippen molar-refractivity contribution in [3.8, 4) is 0 Å². The van der Waals surface area contributed by atoms with Crippen LogP contribution in [0.3, 0.4) is 0 Å². The van der Waals surface area contributed by atoms with Crippen LogP contribution in [0.15, 0.2) is 0 Å². The molecule has 0 fully saturated rings. The molecule has 0 saturated heterocycles. The highest BCUT2D eigenvalue weighted by Crippen LogP contribution is 1.69. The fourth-order valence-electron chi connectivity index (χ4n) is 0. The molecule has 0 amide bonds. The second kappa shape index (κ2) is 9.29. The van der Waals surface area contributed by atoms with Crippen LogP contribution in [0.5, 0.6) is 0 Å². The molecule has 0 spiro atoms. The van der Waals surface area contributed by atoms with E-state index in [1.807, 2.05) is 0 Å². The van der Waals surface area contributed by atoms with E-state index in [1.165, 1.54) is 4.43 Å². The molecule has 0 aromatic rings. The molecule has 0 aliphatic carbocycles. The maximum atomic E-state index is 2.29. The number of hydrogen-bond donors (Lipinski definition) is 0. The quantitative estimate of drug-likeness (QED) is 0.387. The minimum atomic E-state index is 0. The predicted octanol–water partition coefficient (Wildman–Crippen LogP) is 2.08. The van der Waals surface area contributed by atoms with Crippen molar-refractivity contribution < 1.29 is 0 Å². The first-order valence-electron chi connectivity index (χ1n) is 0.974. The van der Waals surface area contributed by atoms with E-state index in [1.54, 1.807) is 0 Å². The normalized spacial score (nSPS) is 4.50. The van der Waals surface area contributed by atoms with Gasteiger partial charge < -0.3 is 0 Å². The Labute approximate surface area is 41.7 Å². The van der Waals surface area contributed by atoms with Crippen molar-refractivity contribution in [3.63, 3.8) is 0 Å². The lowest BCUT2D eigenvalue weighted by atomic mass is 11.0. The van der Waals surface area contributed by atoms with Crippen molar-refractivity contribution in [1.82, 2.24) is 0 Å². The molecule has 4 heavy (non-hydrogen) atoms. The second-order valence-electron chi connectivity index (χ2n) is 0.267. The van der Waals surface area contributed by atoms with E-state index in [-0.39, 0.29) is 7.43 Å². The van der Waals surface area contributed by atoms with Crippen molar-refractivity contribution in [2.24, 2.45) is 0 Å². The third-order valence-electron chi connectivity index (χ3n) is 0. The van der Waals surface area contributed by atoms with Gasteiger partial charge in [-0.1, -0.05) is 36.9 Å². The van der Waals surface area contributed by atoms with E-state index in [2.05, 4.69) is 29.5 Å². The third-order valence-corrected chi connectivity index (χ3v) is 0. The Hall–Kier alpha value is 0.730. The molecule has 0 aliphatic heterocycles. The van der Waals surface area contributed by atoms with Gasteiger partial charge in [0.1, 0.15) is 0 Å². The lowest BCUT2D eigenvalue weighted by Crippen LogP contribution is -1.33. The highest BCUT2D eigenvalue weighted by atomic mass is 127. The van der Waals surface area contributed by atoms with Crippen LogP contribution in [0.25, 0.3) is 0 Å². The van der Waals surface area contributed by atoms with Gasteiger partial charge in [-0.25, -0.2) is 0 Å². The van der Waals surface area contributed by atoms with Crippen molar-refractivity contribution in [3.05, 3.63) is 0 Å². The van der Waals surface area contributed by atoms with Gasteiger partial charge in [0.2, 0.25) is 0 Å². The van der Waals surface area contributed by atoms with E-state index in [9.17, 15) is 0 Å². The molecular formula is C3H9I. The van der Waals surface area contributed by atoms with E-state index in [4.69, 9.17) is 0 Å². The summed E-state index contributed by atoms with van der Waals surface area (Å²) in [5.74, 6) is 0. The molecule has 0 N–H and O–H groups in total. The Morgan fingerprint density at radius 1 is 1.75 bits per heavy atom. The molecule has 0 atom stereocenters. The van der Waals surface area contributed by atoms with E-state index in [0.717, 1.165) is 0 Å². The molecule has 0 aromatic carbocycles. The summed E-state index contributed by atoms with van der Waals surface area (Å²) >= 11 is 2.29. The van der Waals surface area contributed by atoms with Crippen LogP contribution in [0.4, 0.5) is 0 Å². The fraction of sp³-hybridized carbons (Fsp3) is 1.00. The second-order valence-corrected chi connectivity index (χ2v) is 1.79. The summed E-state index contributed by atoms with van der Waals surface area (Å²) < 4.78 is 1.22. The Balaban J connectivity index is 0. The van der Waals surface area contributed by atoms with Crippen LogP contribution in [0.2, 0.25) is 0 Å². The van der Waals surface area contributed by atoms with Gasteiger partial charge >= 0.3 is 0 Å². The molecule has 0 unspecified atom stereocenters. The number of hydrogen-bond acceptors (Lipinski definition) is 0. The van der Waals surface area contributed by atoms with Crippen molar-refractivity contribution in [2.75, 3.05) is 4.43 Å². The highest BCUT2D eigenvalue weighted by Gasteiger charge is 1.38. The molecule has 1 heteroatoms. The van der Waals surface area contributed by atoms with Crippen LogP contribution in [0.1, 0.15) is 14.4 Å². The largest absolute Gasteiger partial charge is 0.0867 e. The van der Waals surface area contributed by atoms with E-state index in [0.29, 0.717) is 0 Å². The Morgan fingerprint density at radius 3 is 1.75 bits per heavy atom. The van der Waals surface area contributed by atoms with Gasteiger partial charge in [-0.05, 0) is 4.43 Å². The zero-order valence-corrected chi connectivity index (χ0v) is 4.24. The number of alkyl halides is 1. The SMILES string of the molecule is C.CCI. The number of rotatable bonds is 0. The molecule has 0 heterocycles. The van der Waals surface area contributed by atoms with Crippen LogP contribution in [0, 0.1) is 0 Å².